The molecule has 2 N–H and O–H groups in total. The van der Waals surface area contributed by atoms with E-state index in [0.29, 0.717) is 12.5 Å². The van der Waals surface area contributed by atoms with Crippen molar-refractivity contribution in [3.05, 3.63) is 29.8 Å². The largest absolute Gasteiger partial charge is 0.380 e. The highest BCUT2D eigenvalue weighted by molar-refractivity contribution is 5.93. The zero-order valence-corrected chi connectivity index (χ0v) is 10.9. The minimum absolute atomic E-state index is 0.0434. The number of benzene rings is 1. The van der Waals surface area contributed by atoms with Gasteiger partial charge in [0.2, 0.25) is 5.91 Å². The van der Waals surface area contributed by atoms with E-state index in [1.165, 1.54) is 0 Å². The Morgan fingerprint density at radius 3 is 2.83 bits per heavy atom. The van der Waals surface area contributed by atoms with E-state index in [4.69, 9.17) is 4.74 Å². The van der Waals surface area contributed by atoms with E-state index in [-0.39, 0.29) is 11.8 Å². The van der Waals surface area contributed by atoms with Gasteiger partial charge in [0, 0.05) is 24.3 Å². The SMILES string of the molecule is COCc1ccccc1NC(=O)C(C)C1CNC1. The molecule has 1 saturated heterocycles. The molecule has 0 saturated carbocycles. The summed E-state index contributed by atoms with van der Waals surface area (Å²) in [4.78, 5) is 12.1. The van der Waals surface area contributed by atoms with Gasteiger partial charge in [0.05, 0.1) is 6.61 Å². The molecule has 18 heavy (non-hydrogen) atoms. The summed E-state index contributed by atoms with van der Waals surface area (Å²) >= 11 is 0. The van der Waals surface area contributed by atoms with Crippen molar-refractivity contribution in [3.8, 4) is 0 Å². The Morgan fingerprint density at radius 1 is 1.50 bits per heavy atom. The van der Waals surface area contributed by atoms with E-state index in [9.17, 15) is 4.79 Å². The average Bonchev–Trinajstić information content (AvgIpc) is 2.29. The molecule has 98 valence electrons. The molecule has 1 aromatic carbocycles. The predicted octanol–water partition coefficient (Wildman–Crippen LogP) is 1.63. The molecule has 1 unspecified atom stereocenters. The third-order valence-corrected chi connectivity index (χ3v) is 3.51. The van der Waals surface area contributed by atoms with Crippen molar-refractivity contribution in [2.75, 3.05) is 25.5 Å². The highest BCUT2D eigenvalue weighted by Gasteiger charge is 2.28. The first-order valence-corrected chi connectivity index (χ1v) is 6.30. The van der Waals surface area contributed by atoms with Crippen molar-refractivity contribution in [1.82, 2.24) is 5.32 Å². The number of para-hydroxylation sites is 1. The van der Waals surface area contributed by atoms with Gasteiger partial charge in [-0.05, 0) is 25.1 Å². The van der Waals surface area contributed by atoms with Crippen LogP contribution < -0.4 is 10.6 Å². The molecule has 1 aliphatic rings. The maximum atomic E-state index is 12.1. The van der Waals surface area contributed by atoms with Crippen molar-refractivity contribution in [2.45, 2.75) is 13.5 Å². The Bertz CT molecular complexity index is 416. The van der Waals surface area contributed by atoms with E-state index in [2.05, 4.69) is 10.6 Å². The van der Waals surface area contributed by atoms with Gasteiger partial charge in [-0.25, -0.2) is 0 Å². The minimum Gasteiger partial charge on any atom is -0.380 e. The normalized spacial score (nSPS) is 17.0. The molecule has 4 heteroatoms. The van der Waals surface area contributed by atoms with Crippen LogP contribution in [-0.4, -0.2) is 26.1 Å². The van der Waals surface area contributed by atoms with Crippen molar-refractivity contribution >= 4 is 11.6 Å². The summed E-state index contributed by atoms with van der Waals surface area (Å²) in [6, 6.07) is 7.75. The van der Waals surface area contributed by atoms with Gasteiger partial charge in [-0.15, -0.1) is 0 Å². The second-order valence-electron chi connectivity index (χ2n) is 4.79. The molecule has 0 spiro atoms. The van der Waals surface area contributed by atoms with Gasteiger partial charge in [0.1, 0.15) is 0 Å². The lowest BCUT2D eigenvalue weighted by Gasteiger charge is -2.31. The van der Waals surface area contributed by atoms with E-state index < -0.39 is 0 Å². The number of ether oxygens (including phenoxy) is 1. The summed E-state index contributed by atoms with van der Waals surface area (Å²) in [5, 5.41) is 6.19. The van der Waals surface area contributed by atoms with Crippen molar-refractivity contribution in [2.24, 2.45) is 11.8 Å². The van der Waals surface area contributed by atoms with Gasteiger partial charge in [-0.2, -0.15) is 0 Å². The van der Waals surface area contributed by atoms with Crippen LogP contribution in [0.5, 0.6) is 0 Å². The fraction of sp³-hybridized carbons (Fsp3) is 0.500. The molecular weight excluding hydrogens is 228 g/mol. The Morgan fingerprint density at radius 2 is 2.22 bits per heavy atom. The molecule has 1 aromatic rings. The maximum absolute atomic E-state index is 12.1. The van der Waals surface area contributed by atoms with Gasteiger partial charge in [-0.1, -0.05) is 25.1 Å². The monoisotopic (exact) mass is 248 g/mol. The number of methoxy groups -OCH3 is 1. The lowest BCUT2D eigenvalue weighted by Crippen LogP contribution is -2.48. The second kappa shape index (κ2) is 5.98. The number of amides is 1. The molecule has 0 aliphatic carbocycles. The van der Waals surface area contributed by atoms with Gasteiger partial charge < -0.3 is 15.4 Å². The van der Waals surface area contributed by atoms with Gasteiger partial charge in [0.15, 0.2) is 0 Å². The lowest BCUT2D eigenvalue weighted by molar-refractivity contribution is -0.121. The van der Waals surface area contributed by atoms with Crippen LogP contribution in [0.4, 0.5) is 5.69 Å². The predicted molar refractivity (Wildman–Crippen MR) is 71.3 cm³/mol. The summed E-state index contributed by atoms with van der Waals surface area (Å²) in [5.41, 5.74) is 1.86. The molecule has 1 amide bonds. The summed E-state index contributed by atoms with van der Waals surface area (Å²) in [7, 11) is 1.65. The summed E-state index contributed by atoms with van der Waals surface area (Å²) < 4.78 is 5.13. The quantitative estimate of drug-likeness (QED) is 0.832. The second-order valence-corrected chi connectivity index (χ2v) is 4.79. The van der Waals surface area contributed by atoms with Crippen LogP contribution in [-0.2, 0) is 16.1 Å². The van der Waals surface area contributed by atoms with Crippen LogP contribution in [0.15, 0.2) is 24.3 Å². The fourth-order valence-corrected chi connectivity index (χ4v) is 2.05. The van der Waals surface area contributed by atoms with Crippen LogP contribution in [0, 0.1) is 11.8 Å². The molecule has 0 aromatic heterocycles. The summed E-state index contributed by atoms with van der Waals surface area (Å²) in [6.07, 6.45) is 0. The first-order valence-electron chi connectivity index (χ1n) is 6.30. The molecule has 1 heterocycles. The number of nitrogens with one attached hydrogen (secondary N) is 2. The van der Waals surface area contributed by atoms with Crippen LogP contribution in [0.25, 0.3) is 0 Å². The van der Waals surface area contributed by atoms with E-state index in [1.54, 1.807) is 7.11 Å². The Labute approximate surface area is 108 Å². The first-order chi connectivity index (χ1) is 8.72. The highest BCUT2D eigenvalue weighted by atomic mass is 16.5. The lowest BCUT2D eigenvalue weighted by atomic mass is 9.88. The highest BCUT2D eigenvalue weighted by Crippen LogP contribution is 2.20. The standard InChI is InChI=1S/C14H20N2O2/c1-10(12-7-15-8-12)14(17)16-13-6-4-3-5-11(13)9-18-2/h3-6,10,12,15H,7-9H2,1-2H3,(H,16,17). The number of hydrogen-bond donors (Lipinski definition) is 2. The average molecular weight is 248 g/mol. The fourth-order valence-electron chi connectivity index (χ4n) is 2.05. The van der Waals surface area contributed by atoms with Gasteiger partial charge in [-0.3, -0.25) is 4.79 Å². The molecule has 1 fully saturated rings. The van der Waals surface area contributed by atoms with E-state index in [0.717, 1.165) is 24.3 Å². The molecular formula is C14H20N2O2. The summed E-state index contributed by atoms with van der Waals surface area (Å²) in [6.45, 7) is 4.37. The zero-order valence-electron chi connectivity index (χ0n) is 10.9. The van der Waals surface area contributed by atoms with E-state index >= 15 is 0 Å². The molecule has 0 bridgehead atoms. The smallest absolute Gasteiger partial charge is 0.227 e. The molecule has 1 aliphatic heterocycles. The molecule has 4 nitrogen and oxygen atoms in total. The van der Waals surface area contributed by atoms with Gasteiger partial charge in [0.25, 0.3) is 0 Å². The summed E-state index contributed by atoms with van der Waals surface area (Å²) in [5.74, 6) is 0.589. The third kappa shape index (κ3) is 2.89. The molecule has 2 rings (SSSR count). The van der Waals surface area contributed by atoms with Crippen LogP contribution in [0.1, 0.15) is 12.5 Å². The topological polar surface area (TPSA) is 50.4 Å². The van der Waals surface area contributed by atoms with Crippen molar-refractivity contribution in [3.63, 3.8) is 0 Å². The molecule has 0 radical (unpaired) electrons. The number of carbonyl (C=O) groups is 1. The number of hydrogen-bond acceptors (Lipinski definition) is 3. The van der Waals surface area contributed by atoms with Crippen LogP contribution >= 0.6 is 0 Å². The Hall–Kier alpha value is -1.39. The number of rotatable bonds is 5. The maximum Gasteiger partial charge on any atom is 0.227 e. The van der Waals surface area contributed by atoms with Crippen molar-refractivity contribution < 1.29 is 9.53 Å². The zero-order chi connectivity index (χ0) is 13.0. The van der Waals surface area contributed by atoms with E-state index in [1.807, 2.05) is 31.2 Å². The third-order valence-electron chi connectivity index (χ3n) is 3.51. The van der Waals surface area contributed by atoms with Crippen molar-refractivity contribution in [1.29, 1.82) is 0 Å². The Kier molecular flexibility index (Phi) is 4.33. The van der Waals surface area contributed by atoms with Crippen LogP contribution in [0.2, 0.25) is 0 Å². The first kappa shape index (κ1) is 13.1. The minimum atomic E-state index is 0.0434. The van der Waals surface area contributed by atoms with Crippen LogP contribution in [0.3, 0.4) is 0 Å². The molecule has 1 atom stereocenters. The number of anilines is 1. The number of carbonyl (C=O) groups excluding carboxylic acids is 1. The Balaban J connectivity index is 2.01. The van der Waals surface area contributed by atoms with Gasteiger partial charge >= 0.3 is 0 Å².